The number of para-hydroxylation sites is 1. The van der Waals surface area contributed by atoms with Gasteiger partial charge in [0.05, 0.1) is 16.8 Å². The summed E-state index contributed by atoms with van der Waals surface area (Å²) in [6, 6.07) is 19.7. The highest BCUT2D eigenvalue weighted by molar-refractivity contribution is 6.08. The van der Waals surface area contributed by atoms with Gasteiger partial charge in [-0.3, -0.25) is 19.9 Å². The van der Waals surface area contributed by atoms with Crippen molar-refractivity contribution >= 4 is 28.7 Å². The van der Waals surface area contributed by atoms with E-state index in [9.17, 15) is 14.4 Å². The zero-order chi connectivity index (χ0) is 23.7. The lowest BCUT2D eigenvalue weighted by atomic mass is 9.91. The van der Waals surface area contributed by atoms with E-state index >= 15 is 0 Å². The monoisotopic (exact) mass is 451 g/mol. The number of pyridine rings is 2. The first-order chi connectivity index (χ1) is 16.4. The topological polar surface area (TPSA) is 113 Å². The van der Waals surface area contributed by atoms with Crippen LogP contribution in [0.5, 0.6) is 0 Å². The van der Waals surface area contributed by atoms with Gasteiger partial charge in [0.15, 0.2) is 0 Å². The van der Waals surface area contributed by atoms with Gasteiger partial charge in [0.2, 0.25) is 0 Å². The molecule has 168 valence electrons. The lowest BCUT2D eigenvalue weighted by molar-refractivity contribution is -0.123. The van der Waals surface area contributed by atoms with Gasteiger partial charge in [0, 0.05) is 29.9 Å². The highest BCUT2D eigenvalue weighted by atomic mass is 16.2. The fourth-order valence-corrected chi connectivity index (χ4v) is 4.04. The van der Waals surface area contributed by atoms with Crippen LogP contribution in [0.25, 0.3) is 22.2 Å². The fraction of sp³-hybridized carbons (Fsp3) is 0.115. The number of nitrogens with zero attached hydrogens (tertiary/aromatic N) is 2. The summed E-state index contributed by atoms with van der Waals surface area (Å²) in [5.74, 6) is -0.655. The van der Waals surface area contributed by atoms with Crippen LogP contribution in [0.2, 0.25) is 0 Å². The Hall–Kier alpha value is -4.59. The molecule has 5 rings (SSSR count). The third-order valence-electron chi connectivity index (χ3n) is 5.92. The highest BCUT2D eigenvalue weighted by Gasteiger charge is 2.43. The van der Waals surface area contributed by atoms with Crippen molar-refractivity contribution in [1.82, 2.24) is 25.9 Å². The Morgan fingerprint density at radius 1 is 1.03 bits per heavy atom. The van der Waals surface area contributed by atoms with E-state index in [0.29, 0.717) is 22.3 Å². The molecule has 1 saturated heterocycles. The molecule has 1 aliphatic rings. The molecule has 1 unspecified atom stereocenters. The highest BCUT2D eigenvalue weighted by Crippen LogP contribution is 2.26. The molecular weight excluding hydrogens is 430 g/mol. The third kappa shape index (κ3) is 3.86. The Morgan fingerprint density at radius 2 is 1.88 bits per heavy atom. The van der Waals surface area contributed by atoms with Crippen LogP contribution in [0.4, 0.5) is 4.79 Å². The number of benzene rings is 2. The van der Waals surface area contributed by atoms with E-state index in [0.717, 1.165) is 16.5 Å². The zero-order valence-corrected chi connectivity index (χ0v) is 18.3. The first kappa shape index (κ1) is 21.3. The first-order valence-electron chi connectivity index (χ1n) is 10.8. The summed E-state index contributed by atoms with van der Waals surface area (Å²) in [6.45, 7) is 1.89. The van der Waals surface area contributed by atoms with Gasteiger partial charge < -0.3 is 10.6 Å². The average molecular weight is 451 g/mol. The van der Waals surface area contributed by atoms with Crippen molar-refractivity contribution in [2.24, 2.45) is 0 Å². The average Bonchev–Trinajstić information content (AvgIpc) is 3.14. The molecule has 8 heteroatoms. The quantitative estimate of drug-likeness (QED) is 0.403. The Morgan fingerprint density at radius 3 is 2.65 bits per heavy atom. The molecule has 34 heavy (non-hydrogen) atoms. The lowest BCUT2D eigenvalue weighted by Gasteiger charge is -2.21. The molecule has 4 aromatic rings. The van der Waals surface area contributed by atoms with E-state index in [4.69, 9.17) is 4.98 Å². The number of nitrogens with one attached hydrogen (secondary N) is 3. The first-order valence-corrected chi connectivity index (χ1v) is 10.8. The van der Waals surface area contributed by atoms with E-state index in [1.807, 2.05) is 42.5 Å². The van der Waals surface area contributed by atoms with Gasteiger partial charge in [-0.25, -0.2) is 9.78 Å². The van der Waals surface area contributed by atoms with E-state index < -0.39 is 17.5 Å². The standard InChI is InChI=1S/C26H21N5O3/c1-26(24(33)30-25(34)31-26)18-8-4-6-16(12-18)14-28-23(32)20-13-22(17-7-5-11-27-15-17)29-21-10-3-2-9-19(20)21/h2-13,15H,14H2,1H3,(H,28,32)(H2,30,31,33,34). The molecule has 0 aliphatic carbocycles. The number of aromatic nitrogens is 2. The number of carbonyl (C=O) groups is 3. The van der Waals surface area contributed by atoms with Crippen molar-refractivity contribution in [3.63, 3.8) is 0 Å². The minimum atomic E-state index is -1.16. The van der Waals surface area contributed by atoms with Gasteiger partial charge in [-0.1, -0.05) is 42.5 Å². The predicted molar refractivity (Wildman–Crippen MR) is 127 cm³/mol. The lowest BCUT2D eigenvalue weighted by Crippen LogP contribution is -2.40. The fourth-order valence-electron chi connectivity index (χ4n) is 4.04. The largest absolute Gasteiger partial charge is 0.348 e. The number of hydrogen-bond acceptors (Lipinski definition) is 5. The predicted octanol–water partition coefficient (Wildman–Crippen LogP) is 3.28. The number of amides is 4. The Kier molecular flexibility index (Phi) is 5.25. The van der Waals surface area contributed by atoms with Crippen molar-refractivity contribution in [2.75, 3.05) is 0 Å². The van der Waals surface area contributed by atoms with Crippen LogP contribution in [0.1, 0.15) is 28.4 Å². The minimum Gasteiger partial charge on any atom is -0.348 e. The number of rotatable bonds is 5. The molecule has 3 N–H and O–H groups in total. The van der Waals surface area contributed by atoms with Crippen molar-refractivity contribution < 1.29 is 14.4 Å². The molecule has 2 aromatic carbocycles. The number of fused-ring (bicyclic) bond motifs is 1. The molecule has 0 radical (unpaired) electrons. The van der Waals surface area contributed by atoms with Crippen LogP contribution in [-0.4, -0.2) is 27.8 Å². The van der Waals surface area contributed by atoms with Crippen LogP contribution >= 0.6 is 0 Å². The van der Waals surface area contributed by atoms with Gasteiger partial charge in [-0.15, -0.1) is 0 Å². The third-order valence-corrected chi connectivity index (χ3v) is 5.92. The molecule has 4 amide bonds. The van der Waals surface area contributed by atoms with E-state index in [-0.39, 0.29) is 12.5 Å². The molecule has 1 atom stereocenters. The SMILES string of the molecule is CC1(c2cccc(CNC(=O)c3cc(-c4cccnc4)nc4ccccc34)c2)NC(=O)NC1=O. The number of carbonyl (C=O) groups excluding carboxylic acids is 3. The van der Waals surface area contributed by atoms with Crippen LogP contribution in [0, 0.1) is 0 Å². The van der Waals surface area contributed by atoms with Crippen molar-refractivity contribution in [2.45, 2.75) is 19.0 Å². The summed E-state index contributed by atoms with van der Waals surface area (Å²) < 4.78 is 0. The number of hydrogen-bond donors (Lipinski definition) is 3. The van der Waals surface area contributed by atoms with E-state index in [1.54, 1.807) is 43.6 Å². The van der Waals surface area contributed by atoms with Crippen molar-refractivity contribution in [3.05, 3.63) is 95.8 Å². The molecule has 1 aliphatic heterocycles. The van der Waals surface area contributed by atoms with Gasteiger partial charge >= 0.3 is 6.03 Å². The molecule has 0 spiro atoms. The molecule has 3 heterocycles. The molecule has 0 saturated carbocycles. The maximum atomic E-state index is 13.2. The van der Waals surface area contributed by atoms with Crippen LogP contribution in [-0.2, 0) is 16.9 Å². The Bertz CT molecular complexity index is 1440. The van der Waals surface area contributed by atoms with Crippen LogP contribution in [0.15, 0.2) is 79.1 Å². The summed E-state index contributed by atoms with van der Waals surface area (Å²) in [5, 5.41) is 8.64. The second-order valence-electron chi connectivity index (χ2n) is 8.23. The molecular formula is C26H21N5O3. The second kappa shape index (κ2) is 8.40. The normalized spacial score (nSPS) is 17.3. The zero-order valence-electron chi connectivity index (χ0n) is 18.3. The van der Waals surface area contributed by atoms with Gasteiger partial charge in [-0.2, -0.15) is 0 Å². The summed E-state index contributed by atoms with van der Waals surface area (Å²) in [7, 11) is 0. The number of imide groups is 1. The summed E-state index contributed by atoms with van der Waals surface area (Å²) in [6.07, 6.45) is 3.40. The Balaban J connectivity index is 1.42. The maximum Gasteiger partial charge on any atom is 0.322 e. The number of urea groups is 1. The summed E-state index contributed by atoms with van der Waals surface area (Å²) in [4.78, 5) is 46.0. The van der Waals surface area contributed by atoms with Gasteiger partial charge in [0.1, 0.15) is 5.54 Å². The maximum absolute atomic E-state index is 13.2. The summed E-state index contributed by atoms with van der Waals surface area (Å²) in [5.41, 5.74) is 2.98. The van der Waals surface area contributed by atoms with Crippen molar-refractivity contribution in [3.8, 4) is 11.3 Å². The molecule has 2 aromatic heterocycles. The molecule has 0 bridgehead atoms. The van der Waals surface area contributed by atoms with E-state index in [2.05, 4.69) is 20.9 Å². The van der Waals surface area contributed by atoms with E-state index in [1.165, 1.54) is 0 Å². The van der Waals surface area contributed by atoms with Gasteiger partial charge in [0.25, 0.3) is 11.8 Å². The van der Waals surface area contributed by atoms with Crippen LogP contribution < -0.4 is 16.0 Å². The summed E-state index contributed by atoms with van der Waals surface area (Å²) >= 11 is 0. The molecule has 8 nitrogen and oxygen atoms in total. The Labute approximate surface area is 195 Å². The van der Waals surface area contributed by atoms with Gasteiger partial charge in [-0.05, 0) is 42.3 Å². The van der Waals surface area contributed by atoms with Crippen molar-refractivity contribution in [1.29, 1.82) is 0 Å². The molecule has 1 fully saturated rings. The minimum absolute atomic E-state index is 0.243. The van der Waals surface area contributed by atoms with Crippen LogP contribution in [0.3, 0.4) is 0 Å². The second-order valence-corrected chi connectivity index (χ2v) is 8.23. The smallest absolute Gasteiger partial charge is 0.322 e.